The van der Waals surface area contributed by atoms with Gasteiger partial charge in [0.05, 0.1) is 11.8 Å². The lowest BCUT2D eigenvalue weighted by Gasteiger charge is -2.26. The molecule has 16 heavy (non-hydrogen) atoms. The largest absolute Gasteiger partial charge is 0.393 e. The molecule has 0 atom stereocenters. The minimum atomic E-state index is -0.0994. The molecule has 0 aliphatic heterocycles. The van der Waals surface area contributed by atoms with Crippen molar-refractivity contribution in [2.24, 2.45) is 0 Å². The van der Waals surface area contributed by atoms with E-state index in [4.69, 9.17) is 0 Å². The summed E-state index contributed by atoms with van der Waals surface area (Å²) in [6, 6.07) is 4.46. The summed E-state index contributed by atoms with van der Waals surface area (Å²) in [4.78, 5) is 4.47. The zero-order chi connectivity index (χ0) is 11.5. The highest BCUT2D eigenvalue weighted by atomic mass is 79.9. The zero-order valence-corrected chi connectivity index (χ0v) is 11.0. The van der Waals surface area contributed by atoms with Crippen LogP contribution in [0.4, 0.5) is 5.82 Å². The number of aliphatic hydroxyl groups is 1. The van der Waals surface area contributed by atoms with E-state index in [1.807, 2.05) is 19.1 Å². The summed E-state index contributed by atoms with van der Waals surface area (Å²) in [5.74, 6) is 0.932. The molecule has 1 aromatic rings. The third kappa shape index (κ3) is 2.95. The normalized spacial score (nSPS) is 25.4. The quantitative estimate of drug-likeness (QED) is 0.878. The summed E-state index contributed by atoms with van der Waals surface area (Å²) in [5.41, 5.74) is 1.00. The van der Waals surface area contributed by atoms with Gasteiger partial charge in [0.2, 0.25) is 0 Å². The predicted octanol–water partition coefficient (Wildman–Crippen LogP) is 2.87. The number of hydrogen-bond donors (Lipinski definition) is 2. The molecule has 1 fully saturated rings. The van der Waals surface area contributed by atoms with Crippen LogP contribution in [0.1, 0.15) is 31.4 Å². The first-order chi connectivity index (χ1) is 7.65. The van der Waals surface area contributed by atoms with Crippen LogP contribution in [0.2, 0.25) is 0 Å². The molecule has 0 radical (unpaired) electrons. The minimum absolute atomic E-state index is 0.0994. The molecule has 2 rings (SSSR count). The second-order valence-corrected chi connectivity index (χ2v) is 5.27. The van der Waals surface area contributed by atoms with Crippen molar-refractivity contribution in [2.45, 2.75) is 44.8 Å². The molecular weight excluding hydrogens is 268 g/mol. The first-order valence-corrected chi connectivity index (χ1v) is 6.52. The molecule has 1 aliphatic carbocycles. The third-order valence-electron chi connectivity index (χ3n) is 3.07. The van der Waals surface area contributed by atoms with Gasteiger partial charge in [-0.15, -0.1) is 0 Å². The molecule has 0 unspecified atom stereocenters. The van der Waals surface area contributed by atoms with Gasteiger partial charge in [-0.25, -0.2) is 4.98 Å². The fraction of sp³-hybridized carbons (Fsp3) is 0.583. The van der Waals surface area contributed by atoms with Gasteiger partial charge in [-0.05, 0) is 60.7 Å². The molecular formula is C12H17BrN2O. The lowest BCUT2D eigenvalue weighted by atomic mass is 9.93. The molecule has 0 aromatic carbocycles. The highest BCUT2D eigenvalue weighted by Gasteiger charge is 2.19. The number of rotatable bonds is 2. The highest BCUT2D eigenvalue weighted by Crippen LogP contribution is 2.22. The number of aromatic nitrogens is 1. The number of pyridine rings is 1. The second kappa shape index (κ2) is 5.15. The van der Waals surface area contributed by atoms with E-state index < -0.39 is 0 Å². The highest BCUT2D eigenvalue weighted by molar-refractivity contribution is 9.10. The smallest absolute Gasteiger partial charge is 0.126 e. The van der Waals surface area contributed by atoms with Crippen LogP contribution in [-0.2, 0) is 0 Å². The Morgan fingerprint density at radius 3 is 2.62 bits per heavy atom. The van der Waals surface area contributed by atoms with E-state index in [1.165, 1.54) is 0 Å². The lowest BCUT2D eigenvalue weighted by molar-refractivity contribution is 0.126. The van der Waals surface area contributed by atoms with E-state index >= 15 is 0 Å². The van der Waals surface area contributed by atoms with Crippen LogP contribution < -0.4 is 5.32 Å². The first-order valence-electron chi connectivity index (χ1n) is 5.73. The van der Waals surface area contributed by atoms with Gasteiger partial charge in [0.25, 0.3) is 0 Å². The zero-order valence-electron chi connectivity index (χ0n) is 9.41. The van der Waals surface area contributed by atoms with Crippen molar-refractivity contribution in [3.63, 3.8) is 0 Å². The van der Waals surface area contributed by atoms with Crippen molar-refractivity contribution in [3.8, 4) is 0 Å². The van der Waals surface area contributed by atoms with E-state index in [9.17, 15) is 5.11 Å². The molecule has 2 N–H and O–H groups in total. The fourth-order valence-corrected chi connectivity index (χ4v) is 2.27. The van der Waals surface area contributed by atoms with E-state index in [1.54, 1.807) is 0 Å². The van der Waals surface area contributed by atoms with Crippen LogP contribution in [0, 0.1) is 6.92 Å². The molecule has 1 saturated carbocycles. The van der Waals surface area contributed by atoms with Crippen molar-refractivity contribution in [3.05, 3.63) is 22.3 Å². The number of nitrogens with one attached hydrogen (secondary N) is 1. The molecule has 4 heteroatoms. The van der Waals surface area contributed by atoms with Gasteiger partial charge in [-0.3, -0.25) is 0 Å². The van der Waals surface area contributed by atoms with Crippen LogP contribution in [-0.4, -0.2) is 22.2 Å². The van der Waals surface area contributed by atoms with Crippen LogP contribution >= 0.6 is 15.9 Å². The van der Waals surface area contributed by atoms with Crippen LogP contribution in [0.15, 0.2) is 16.6 Å². The standard InChI is InChI=1S/C12H17BrN2O/c1-8-11(13)6-7-12(14-8)15-9-2-4-10(16)5-3-9/h6-7,9-10,16H,2-5H2,1H3,(H,14,15). The minimum Gasteiger partial charge on any atom is -0.393 e. The lowest BCUT2D eigenvalue weighted by Crippen LogP contribution is -2.28. The summed E-state index contributed by atoms with van der Waals surface area (Å²) < 4.78 is 1.04. The van der Waals surface area contributed by atoms with Gasteiger partial charge in [-0.2, -0.15) is 0 Å². The van der Waals surface area contributed by atoms with Crippen molar-refractivity contribution in [1.82, 2.24) is 4.98 Å². The van der Waals surface area contributed by atoms with E-state index in [0.717, 1.165) is 41.7 Å². The number of aryl methyl sites for hydroxylation is 1. The Morgan fingerprint density at radius 2 is 2.00 bits per heavy atom. The first kappa shape index (κ1) is 11.9. The molecule has 0 bridgehead atoms. The maximum Gasteiger partial charge on any atom is 0.126 e. The van der Waals surface area contributed by atoms with Gasteiger partial charge in [-0.1, -0.05) is 0 Å². The second-order valence-electron chi connectivity index (χ2n) is 4.41. The molecule has 3 nitrogen and oxygen atoms in total. The van der Waals surface area contributed by atoms with Gasteiger partial charge in [0.15, 0.2) is 0 Å². The monoisotopic (exact) mass is 284 g/mol. The summed E-state index contributed by atoms with van der Waals surface area (Å²) in [6.07, 6.45) is 3.74. The molecule has 1 aromatic heterocycles. The van der Waals surface area contributed by atoms with Crippen LogP contribution in [0.3, 0.4) is 0 Å². The molecule has 1 aliphatic rings. The average Bonchev–Trinajstić information content (AvgIpc) is 2.27. The Labute approximate surface area is 104 Å². The molecule has 88 valence electrons. The summed E-state index contributed by atoms with van der Waals surface area (Å²) >= 11 is 3.44. The number of hydrogen-bond acceptors (Lipinski definition) is 3. The summed E-state index contributed by atoms with van der Waals surface area (Å²) in [7, 11) is 0. The van der Waals surface area contributed by atoms with Crippen LogP contribution in [0.25, 0.3) is 0 Å². The third-order valence-corrected chi connectivity index (χ3v) is 3.91. The maximum atomic E-state index is 9.42. The van der Waals surface area contributed by atoms with E-state index in [0.29, 0.717) is 6.04 Å². The van der Waals surface area contributed by atoms with Crippen LogP contribution in [0.5, 0.6) is 0 Å². The number of aliphatic hydroxyl groups excluding tert-OH is 1. The van der Waals surface area contributed by atoms with E-state index in [-0.39, 0.29) is 6.10 Å². The molecule has 0 amide bonds. The Morgan fingerprint density at radius 1 is 1.31 bits per heavy atom. The number of anilines is 1. The van der Waals surface area contributed by atoms with Crippen molar-refractivity contribution in [2.75, 3.05) is 5.32 Å². The molecule has 0 spiro atoms. The fourth-order valence-electron chi connectivity index (χ4n) is 2.05. The Kier molecular flexibility index (Phi) is 3.82. The van der Waals surface area contributed by atoms with E-state index in [2.05, 4.69) is 26.2 Å². The Hall–Kier alpha value is -0.610. The van der Waals surface area contributed by atoms with Crippen molar-refractivity contribution in [1.29, 1.82) is 0 Å². The molecule has 1 heterocycles. The van der Waals surface area contributed by atoms with Gasteiger partial charge >= 0.3 is 0 Å². The SMILES string of the molecule is Cc1nc(NC2CCC(O)CC2)ccc1Br. The average molecular weight is 285 g/mol. The topological polar surface area (TPSA) is 45.2 Å². The van der Waals surface area contributed by atoms with Crippen molar-refractivity contribution >= 4 is 21.7 Å². The molecule has 0 saturated heterocycles. The maximum absolute atomic E-state index is 9.42. The number of nitrogens with zero attached hydrogens (tertiary/aromatic N) is 1. The van der Waals surface area contributed by atoms with Gasteiger partial charge in [0.1, 0.15) is 5.82 Å². The predicted molar refractivity (Wildman–Crippen MR) is 68.6 cm³/mol. The van der Waals surface area contributed by atoms with Gasteiger partial charge < -0.3 is 10.4 Å². The Bertz CT molecular complexity index is 362. The Balaban J connectivity index is 1.96. The van der Waals surface area contributed by atoms with Gasteiger partial charge in [0, 0.05) is 10.5 Å². The summed E-state index contributed by atoms with van der Waals surface area (Å²) in [5, 5.41) is 12.9. The summed E-state index contributed by atoms with van der Waals surface area (Å²) in [6.45, 7) is 1.99. The number of halogens is 1. The van der Waals surface area contributed by atoms with Crippen molar-refractivity contribution < 1.29 is 5.11 Å².